The van der Waals surface area contributed by atoms with Gasteiger partial charge in [0, 0.05) is 43.0 Å². The largest absolute Gasteiger partial charge is 0.315 e. The minimum atomic E-state index is -3.63. The van der Waals surface area contributed by atoms with Crippen LogP contribution in [0.15, 0.2) is 35.2 Å². The molecule has 0 spiro atoms. The van der Waals surface area contributed by atoms with E-state index in [2.05, 4.69) is 5.32 Å². The molecule has 2 heterocycles. The minimum absolute atomic E-state index is 0. The van der Waals surface area contributed by atoms with Crippen LogP contribution in [0.3, 0.4) is 0 Å². The highest BCUT2D eigenvalue weighted by atomic mass is 35.5. The van der Waals surface area contributed by atoms with Gasteiger partial charge in [-0.3, -0.25) is 4.79 Å². The molecule has 1 saturated heterocycles. The fourth-order valence-electron chi connectivity index (χ4n) is 3.64. The Morgan fingerprint density at radius 3 is 2.68 bits per heavy atom. The van der Waals surface area contributed by atoms with Gasteiger partial charge in [0.1, 0.15) is 0 Å². The number of nitrogens with one attached hydrogen (secondary N) is 1. The first kappa shape index (κ1) is 18.1. The van der Waals surface area contributed by atoms with Gasteiger partial charge in [0.2, 0.25) is 10.0 Å². The quantitative estimate of drug-likeness (QED) is 0.880. The summed E-state index contributed by atoms with van der Waals surface area (Å²) in [6, 6.07) is 8.58. The van der Waals surface area contributed by atoms with E-state index in [1.54, 1.807) is 49.3 Å². The minimum Gasteiger partial charge on any atom is -0.315 e. The number of sulfonamides is 1. The number of benzene rings is 2. The Morgan fingerprint density at radius 2 is 2.00 bits per heavy atom. The molecule has 1 fully saturated rings. The molecule has 0 radical (unpaired) electrons. The molecule has 4 rings (SSSR count). The maximum Gasteiger partial charge on any atom is 0.258 e. The normalized spacial score (nSPS) is 19.7. The molecule has 0 saturated carbocycles. The zero-order chi connectivity index (χ0) is 17.1. The summed E-state index contributed by atoms with van der Waals surface area (Å²) in [4.78, 5) is 14.2. The molecular formula is C17H20ClN3O3S. The van der Waals surface area contributed by atoms with E-state index in [1.807, 2.05) is 0 Å². The van der Waals surface area contributed by atoms with E-state index in [1.165, 1.54) is 4.31 Å². The molecule has 0 aliphatic carbocycles. The van der Waals surface area contributed by atoms with Crippen LogP contribution in [0.5, 0.6) is 0 Å². The molecule has 1 unspecified atom stereocenters. The molecule has 2 aliphatic heterocycles. The average molecular weight is 382 g/mol. The lowest BCUT2D eigenvalue weighted by atomic mass is 10.1. The zero-order valence-corrected chi connectivity index (χ0v) is 15.7. The second-order valence-electron chi connectivity index (χ2n) is 6.34. The summed E-state index contributed by atoms with van der Waals surface area (Å²) < 4.78 is 27.7. The van der Waals surface area contributed by atoms with Crippen LogP contribution in [-0.4, -0.2) is 51.9 Å². The van der Waals surface area contributed by atoms with Crippen molar-refractivity contribution in [1.82, 2.24) is 9.62 Å². The standard InChI is InChI=1S/C17H19N3O3S.ClH/c1-19-14-6-7-15(12-4-3-5-13(16(12)14)17(19)21)24(22,23)20(2)11-8-9-18-10-11;/h3-7,11,18H,8-10H2,1-2H3;1H. The Labute approximate surface area is 153 Å². The molecule has 0 aromatic heterocycles. The Hall–Kier alpha value is -1.67. The molecular weight excluding hydrogens is 362 g/mol. The highest BCUT2D eigenvalue weighted by Crippen LogP contribution is 2.40. The average Bonchev–Trinajstić information content (AvgIpc) is 3.19. The van der Waals surface area contributed by atoms with Gasteiger partial charge in [-0.1, -0.05) is 12.1 Å². The molecule has 2 aromatic rings. The van der Waals surface area contributed by atoms with Gasteiger partial charge in [-0.05, 0) is 31.2 Å². The Kier molecular flexibility index (Phi) is 4.53. The number of carbonyl (C=O) groups excluding carboxylic acids is 1. The number of likely N-dealkylation sites (N-methyl/N-ethyl adjacent to an activating group) is 1. The van der Waals surface area contributed by atoms with E-state index in [0.717, 1.165) is 24.0 Å². The van der Waals surface area contributed by atoms with Crippen molar-refractivity contribution in [3.63, 3.8) is 0 Å². The van der Waals surface area contributed by atoms with Crippen LogP contribution in [-0.2, 0) is 10.0 Å². The number of hydrogen-bond donors (Lipinski definition) is 1. The van der Waals surface area contributed by atoms with Crippen molar-refractivity contribution in [2.75, 3.05) is 32.1 Å². The van der Waals surface area contributed by atoms with Gasteiger partial charge in [0.15, 0.2) is 0 Å². The number of rotatable bonds is 3. The van der Waals surface area contributed by atoms with Gasteiger partial charge in [-0.15, -0.1) is 12.4 Å². The molecule has 8 heteroatoms. The first-order chi connectivity index (χ1) is 11.4. The van der Waals surface area contributed by atoms with Crippen molar-refractivity contribution >= 4 is 44.8 Å². The molecule has 134 valence electrons. The summed E-state index contributed by atoms with van der Waals surface area (Å²) in [7, 11) is -0.284. The Balaban J connectivity index is 0.00000182. The monoisotopic (exact) mass is 381 g/mol. The molecule has 1 N–H and O–H groups in total. The molecule has 1 atom stereocenters. The highest BCUT2D eigenvalue weighted by Gasteiger charge is 2.34. The lowest BCUT2D eigenvalue weighted by Gasteiger charge is -2.24. The van der Waals surface area contributed by atoms with E-state index in [-0.39, 0.29) is 29.3 Å². The smallest absolute Gasteiger partial charge is 0.258 e. The second-order valence-corrected chi connectivity index (χ2v) is 8.31. The fourth-order valence-corrected chi connectivity index (χ4v) is 5.21. The van der Waals surface area contributed by atoms with Crippen LogP contribution in [0.1, 0.15) is 16.8 Å². The number of hydrogen-bond acceptors (Lipinski definition) is 4. The van der Waals surface area contributed by atoms with Crippen LogP contribution in [0.2, 0.25) is 0 Å². The van der Waals surface area contributed by atoms with Crippen molar-refractivity contribution in [3.05, 3.63) is 35.9 Å². The van der Waals surface area contributed by atoms with E-state index < -0.39 is 10.0 Å². The number of anilines is 1. The zero-order valence-electron chi connectivity index (χ0n) is 14.0. The van der Waals surface area contributed by atoms with Crippen LogP contribution >= 0.6 is 12.4 Å². The first-order valence-corrected chi connectivity index (χ1v) is 9.39. The molecule has 2 aliphatic rings. The Bertz CT molecular complexity index is 955. The van der Waals surface area contributed by atoms with Gasteiger partial charge in [0.25, 0.3) is 5.91 Å². The van der Waals surface area contributed by atoms with Crippen molar-refractivity contribution in [3.8, 4) is 0 Å². The summed E-state index contributed by atoms with van der Waals surface area (Å²) >= 11 is 0. The van der Waals surface area contributed by atoms with Crippen molar-refractivity contribution < 1.29 is 13.2 Å². The third kappa shape index (κ3) is 2.54. The Morgan fingerprint density at radius 1 is 1.24 bits per heavy atom. The van der Waals surface area contributed by atoms with E-state index >= 15 is 0 Å². The van der Waals surface area contributed by atoms with Crippen LogP contribution in [0.25, 0.3) is 10.8 Å². The van der Waals surface area contributed by atoms with Gasteiger partial charge in [-0.25, -0.2) is 8.42 Å². The maximum absolute atomic E-state index is 13.1. The van der Waals surface area contributed by atoms with E-state index in [0.29, 0.717) is 17.5 Å². The predicted molar refractivity (Wildman–Crippen MR) is 100 cm³/mol. The maximum atomic E-state index is 13.1. The molecule has 0 bridgehead atoms. The van der Waals surface area contributed by atoms with Crippen molar-refractivity contribution in [1.29, 1.82) is 0 Å². The van der Waals surface area contributed by atoms with Gasteiger partial charge in [-0.2, -0.15) is 4.31 Å². The van der Waals surface area contributed by atoms with Crippen molar-refractivity contribution in [2.24, 2.45) is 0 Å². The van der Waals surface area contributed by atoms with E-state index in [9.17, 15) is 13.2 Å². The number of amides is 1. The summed E-state index contributed by atoms with van der Waals surface area (Å²) in [5.74, 6) is -0.0986. The number of halogens is 1. The van der Waals surface area contributed by atoms with Crippen LogP contribution in [0.4, 0.5) is 5.69 Å². The summed E-state index contributed by atoms with van der Waals surface area (Å²) in [5, 5.41) is 4.53. The predicted octanol–water partition coefficient (Wildman–Crippen LogP) is 1.83. The summed E-state index contributed by atoms with van der Waals surface area (Å²) in [5.41, 5.74) is 1.32. The number of nitrogens with zero attached hydrogens (tertiary/aromatic N) is 2. The van der Waals surface area contributed by atoms with E-state index in [4.69, 9.17) is 0 Å². The topological polar surface area (TPSA) is 69.7 Å². The fraction of sp³-hybridized carbons (Fsp3) is 0.353. The molecule has 25 heavy (non-hydrogen) atoms. The third-order valence-electron chi connectivity index (χ3n) is 5.08. The van der Waals surface area contributed by atoms with Crippen LogP contribution < -0.4 is 10.2 Å². The van der Waals surface area contributed by atoms with Crippen molar-refractivity contribution in [2.45, 2.75) is 17.4 Å². The second kappa shape index (κ2) is 6.25. The van der Waals surface area contributed by atoms with Gasteiger partial charge < -0.3 is 10.2 Å². The van der Waals surface area contributed by atoms with Crippen LogP contribution in [0, 0.1) is 0 Å². The van der Waals surface area contributed by atoms with Gasteiger partial charge in [0.05, 0.1) is 10.6 Å². The SMILES string of the molecule is CN1C(=O)c2cccc3c(S(=O)(=O)N(C)C4CCNC4)ccc1c23.Cl. The highest BCUT2D eigenvalue weighted by molar-refractivity contribution is 7.89. The first-order valence-electron chi connectivity index (χ1n) is 7.95. The third-order valence-corrected chi connectivity index (χ3v) is 7.05. The summed E-state index contributed by atoms with van der Waals surface area (Å²) in [6.07, 6.45) is 0.804. The lowest BCUT2D eigenvalue weighted by molar-refractivity contribution is 0.0999. The molecule has 2 aromatic carbocycles. The molecule has 6 nitrogen and oxygen atoms in total. The molecule has 1 amide bonds. The lowest BCUT2D eigenvalue weighted by Crippen LogP contribution is -2.38. The van der Waals surface area contributed by atoms with Gasteiger partial charge >= 0.3 is 0 Å². The number of carbonyl (C=O) groups is 1. The summed E-state index contributed by atoms with van der Waals surface area (Å²) in [6.45, 7) is 1.49.